The standard InChI is InChI=1S/C16H18ClN3O3/c1-10-9-22-14(12-4-3-5-13(17)6-12)8-20(10)16(21)7-15-19-18-11(2)23-15/h3-6,10,14H,7-9H2,1-2H3/t10-,14-/m1/s1. The lowest BCUT2D eigenvalue weighted by molar-refractivity contribution is -0.144. The number of aromatic nitrogens is 2. The average molecular weight is 336 g/mol. The van der Waals surface area contributed by atoms with Gasteiger partial charge < -0.3 is 14.1 Å². The minimum atomic E-state index is -0.182. The van der Waals surface area contributed by atoms with E-state index in [0.717, 1.165) is 5.56 Å². The molecule has 0 saturated carbocycles. The van der Waals surface area contributed by atoms with Gasteiger partial charge in [-0.05, 0) is 24.6 Å². The Hall–Kier alpha value is -1.92. The van der Waals surface area contributed by atoms with Gasteiger partial charge in [0.05, 0.1) is 19.2 Å². The van der Waals surface area contributed by atoms with Crippen molar-refractivity contribution >= 4 is 17.5 Å². The third kappa shape index (κ3) is 3.71. The van der Waals surface area contributed by atoms with Gasteiger partial charge in [-0.1, -0.05) is 23.7 Å². The molecule has 0 aliphatic carbocycles. The van der Waals surface area contributed by atoms with Gasteiger partial charge in [0.1, 0.15) is 12.5 Å². The lowest BCUT2D eigenvalue weighted by Gasteiger charge is -2.38. The van der Waals surface area contributed by atoms with Crippen LogP contribution in [0.25, 0.3) is 0 Å². The van der Waals surface area contributed by atoms with Crippen molar-refractivity contribution in [3.63, 3.8) is 0 Å². The molecule has 0 N–H and O–H groups in total. The number of nitrogens with zero attached hydrogens (tertiary/aromatic N) is 3. The number of halogens is 1. The highest BCUT2D eigenvalue weighted by Crippen LogP contribution is 2.27. The van der Waals surface area contributed by atoms with Crippen molar-refractivity contribution in [1.29, 1.82) is 0 Å². The van der Waals surface area contributed by atoms with Crippen molar-refractivity contribution in [3.05, 3.63) is 46.6 Å². The van der Waals surface area contributed by atoms with Crippen LogP contribution in [0.5, 0.6) is 0 Å². The van der Waals surface area contributed by atoms with Gasteiger partial charge in [0.15, 0.2) is 0 Å². The smallest absolute Gasteiger partial charge is 0.232 e. The Morgan fingerprint density at radius 3 is 2.96 bits per heavy atom. The number of benzene rings is 1. The van der Waals surface area contributed by atoms with E-state index in [-0.39, 0.29) is 24.5 Å². The molecule has 1 saturated heterocycles. The minimum absolute atomic E-state index is 0.00181. The zero-order chi connectivity index (χ0) is 16.4. The molecule has 3 rings (SSSR count). The summed E-state index contributed by atoms with van der Waals surface area (Å²) < 4.78 is 11.2. The molecule has 2 atom stereocenters. The van der Waals surface area contributed by atoms with Crippen LogP contribution >= 0.6 is 11.6 Å². The van der Waals surface area contributed by atoms with Crippen molar-refractivity contribution in [3.8, 4) is 0 Å². The van der Waals surface area contributed by atoms with E-state index >= 15 is 0 Å². The number of hydrogen-bond acceptors (Lipinski definition) is 5. The Bertz CT molecular complexity index is 703. The topological polar surface area (TPSA) is 68.5 Å². The number of rotatable bonds is 3. The number of morpholine rings is 1. The first-order chi connectivity index (χ1) is 11.0. The molecule has 2 aromatic rings. The van der Waals surface area contributed by atoms with Crippen LogP contribution in [0.15, 0.2) is 28.7 Å². The van der Waals surface area contributed by atoms with E-state index in [1.54, 1.807) is 11.8 Å². The highest BCUT2D eigenvalue weighted by Gasteiger charge is 2.31. The van der Waals surface area contributed by atoms with Crippen molar-refractivity contribution in [2.24, 2.45) is 0 Å². The van der Waals surface area contributed by atoms with Gasteiger partial charge in [-0.2, -0.15) is 0 Å². The van der Waals surface area contributed by atoms with Crippen LogP contribution in [-0.2, 0) is 16.0 Å². The molecule has 23 heavy (non-hydrogen) atoms. The molecule has 1 fully saturated rings. The Kier molecular flexibility index (Phi) is 4.63. The Morgan fingerprint density at radius 2 is 2.26 bits per heavy atom. The van der Waals surface area contributed by atoms with Gasteiger partial charge in [-0.3, -0.25) is 4.79 Å². The largest absolute Gasteiger partial charge is 0.425 e. The minimum Gasteiger partial charge on any atom is -0.425 e. The van der Waals surface area contributed by atoms with E-state index in [0.29, 0.717) is 30.0 Å². The highest BCUT2D eigenvalue weighted by molar-refractivity contribution is 6.30. The highest BCUT2D eigenvalue weighted by atomic mass is 35.5. The van der Waals surface area contributed by atoms with Crippen molar-refractivity contribution < 1.29 is 13.9 Å². The Morgan fingerprint density at radius 1 is 1.43 bits per heavy atom. The van der Waals surface area contributed by atoms with E-state index in [1.807, 2.05) is 31.2 Å². The summed E-state index contributed by atoms with van der Waals surface area (Å²) in [4.78, 5) is 14.3. The average Bonchev–Trinajstić information content (AvgIpc) is 2.92. The van der Waals surface area contributed by atoms with E-state index < -0.39 is 0 Å². The molecule has 1 aromatic carbocycles. The molecule has 7 heteroatoms. The zero-order valence-electron chi connectivity index (χ0n) is 13.0. The predicted octanol–water partition coefficient (Wildman–Crippen LogP) is 2.56. The SMILES string of the molecule is Cc1nnc(CC(=O)N2C[C@H](c3cccc(Cl)c3)OC[C@H]2C)o1. The molecular weight excluding hydrogens is 318 g/mol. The van der Waals surface area contributed by atoms with Crippen LogP contribution in [0.2, 0.25) is 5.02 Å². The molecule has 0 bridgehead atoms. The van der Waals surface area contributed by atoms with E-state index in [4.69, 9.17) is 20.8 Å². The van der Waals surface area contributed by atoms with Gasteiger partial charge in [0.2, 0.25) is 17.7 Å². The predicted molar refractivity (Wildman–Crippen MR) is 84.1 cm³/mol. The lowest BCUT2D eigenvalue weighted by Crippen LogP contribution is -2.48. The maximum atomic E-state index is 12.5. The molecule has 122 valence electrons. The summed E-state index contributed by atoms with van der Waals surface area (Å²) in [5.41, 5.74) is 0.968. The van der Waals surface area contributed by atoms with E-state index in [2.05, 4.69) is 10.2 Å². The van der Waals surface area contributed by atoms with Crippen LogP contribution in [0.4, 0.5) is 0 Å². The van der Waals surface area contributed by atoms with Crippen LogP contribution in [0, 0.1) is 6.92 Å². The summed E-state index contributed by atoms with van der Waals surface area (Å²) in [6, 6.07) is 7.52. The molecule has 2 heterocycles. The summed E-state index contributed by atoms with van der Waals surface area (Å²) in [6.45, 7) is 4.62. The molecular formula is C16H18ClN3O3. The second-order valence-electron chi connectivity index (χ2n) is 5.66. The number of ether oxygens (including phenoxy) is 1. The second kappa shape index (κ2) is 6.68. The molecule has 1 amide bonds. The first-order valence-electron chi connectivity index (χ1n) is 7.48. The molecule has 0 spiro atoms. The fourth-order valence-corrected chi connectivity index (χ4v) is 2.85. The zero-order valence-corrected chi connectivity index (χ0v) is 13.8. The summed E-state index contributed by atoms with van der Waals surface area (Å²) in [6.07, 6.45) is -0.0775. The molecule has 0 unspecified atom stereocenters. The van der Waals surface area contributed by atoms with E-state index in [9.17, 15) is 4.79 Å². The maximum absolute atomic E-state index is 12.5. The van der Waals surface area contributed by atoms with Crippen LogP contribution in [0.3, 0.4) is 0 Å². The summed E-state index contributed by atoms with van der Waals surface area (Å²) in [5.74, 6) is 0.751. The number of amides is 1. The van der Waals surface area contributed by atoms with Crippen molar-refractivity contribution in [1.82, 2.24) is 15.1 Å². The summed E-state index contributed by atoms with van der Waals surface area (Å²) in [7, 11) is 0. The first kappa shape index (κ1) is 16.0. The maximum Gasteiger partial charge on any atom is 0.232 e. The van der Waals surface area contributed by atoms with E-state index in [1.165, 1.54) is 0 Å². The normalized spacial score (nSPS) is 21.4. The number of aryl methyl sites for hydroxylation is 1. The number of hydrogen-bond donors (Lipinski definition) is 0. The summed E-state index contributed by atoms with van der Waals surface area (Å²) >= 11 is 6.04. The van der Waals surface area contributed by atoms with Crippen molar-refractivity contribution in [2.45, 2.75) is 32.4 Å². The van der Waals surface area contributed by atoms with Gasteiger partial charge >= 0.3 is 0 Å². The van der Waals surface area contributed by atoms with Gasteiger partial charge in [-0.15, -0.1) is 10.2 Å². The van der Waals surface area contributed by atoms with Gasteiger partial charge in [-0.25, -0.2) is 0 Å². The molecule has 6 nitrogen and oxygen atoms in total. The quantitative estimate of drug-likeness (QED) is 0.862. The molecule has 0 radical (unpaired) electrons. The third-order valence-electron chi connectivity index (χ3n) is 3.84. The Labute approximate surface area is 139 Å². The second-order valence-corrected chi connectivity index (χ2v) is 6.10. The van der Waals surface area contributed by atoms with Crippen LogP contribution < -0.4 is 0 Å². The summed E-state index contributed by atoms with van der Waals surface area (Å²) in [5, 5.41) is 8.29. The fourth-order valence-electron chi connectivity index (χ4n) is 2.65. The monoisotopic (exact) mass is 335 g/mol. The fraction of sp³-hybridized carbons (Fsp3) is 0.438. The molecule has 1 aliphatic rings. The first-order valence-corrected chi connectivity index (χ1v) is 7.86. The van der Waals surface area contributed by atoms with Crippen LogP contribution in [-0.4, -0.2) is 40.2 Å². The Balaban J connectivity index is 1.71. The third-order valence-corrected chi connectivity index (χ3v) is 4.08. The number of carbonyl (C=O) groups excluding carboxylic acids is 1. The van der Waals surface area contributed by atoms with Gasteiger partial charge in [0, 0.05) is 11.9 Å². The molecule has 1 aromatic heterocycles. The lowest BCUT2D eigenvalue weighted by atomic mass is 10.1. The van der Waals surface area contributed by atoms with Gasteiger partial charge in [0.25, 0.3) is 0 Å². The van der Waals surface area contributed by atoms with Crippen LogP contribution in [0.1, 0.15) is 30.4 Å². The molecule has 1 aliphatic heterocycles. The van der Waals surface area contributed by atoms with Crippen molar-refractivity contribution in [2.75, 3.05) is 13.2 Å². The number of carbonyl (C=O) groups is 1.